The third-order valence-electron chi connectivity index (χ3n) is 3.65. The number of hydrogen-bond acceptors (Lipinski definition) is 3. The van der Waals surface area contributed by atoms with Crippen LogP contribution in [0.25, 0.3) is 22.4 Å². The predicted molar refractivity (Wildman–Crippen MR) is 87.4 cm³/mol. The molecule has 5 nitrogen and oxygen atoms in total. The number of nitrogens with one attached hydrogen (secondary N) is 2. The molecule has 0 spiro atoms. The van der Waals surface area contributed by atoms with Crippen molar-refractivity contribution < 1.29 is 4.39 Å². The molecule has 1 aromatic carbocycles. The van der Waals surface area contributed by atoms with Crippen LogP contribution in [0, 0.1) is 5.82 Å². The molecular formula is C17H17FN4O. The van der Waals surface area contributed by atoms with Crippen LogP contribution in [0.4, 0.5) is 4.39 Å². The summed E-state index contributed by atoms with van der Waals surface area (Å²) >= 11 is 0. The fourth-order valence-corrected chi connectivity index (χ4v) is 2.57. The lowest BCUT2D eigenvalue weighted by Gasteiger charge is -2.06. The predicted octanol–water partition coefficient (Wildman–Crippen LogP) is 2.46. The summed E-state index contributed by atoms with van der Waals surface area (Å²) in [5.41, 5.74) is 9.44. The van der Waals surface area contributed by atoms with E-state index in [0.29, 0.717) is 12.2 Å². The third kappa shape index (κ3) is 3.22. The average molecular weight is 312 g/mol. The van der Waals surface area contributed by atoms with Gasteiger partial charge >= 0.3 is 0 Å². The minimum Gasteiger partial charge on any atom is -0.330 e. The average Bonchev–Trinajstić information content (AvgIpc) is 2.97. The summed E-state index contributed by atoms with van der Waals surface area (Å²) in [4.78, 5) is 14.3. The third-order valence-corrected chi connectivity index (χ3v) is 3.65. The summed E-state index contributed by atoms with van der Waals surface area (Å²) in [7, 11) is 0. The number of aromatic nitrogens is 3. The molecule has 0 aliphatic carbocycles. The summed E-state index contributed by atoms with van der Waals surface area (Å²) in [6.45, 7) is 0.569. The largest absolute Gasteiger partial charge is 0.330 e. The Morgan fingerprint density at radius 3 is 2.61 bits per heavy atom. The Bertz CT molecular complexity index is 852. The van der Waals surface area contributed by atoms with E-state index in [-0.39, 0.29) is 11.4 Å². The van der Waals surface area contributed by atoms with E-state index in [4.69, 9.17) is 5.73 Å². The highest BCUT2D eigenvalue weighted by Crippen LogP contribution is 2.33. The van der Waals surface area contributed by atoms with Gasteiger partial charge < -0.3 is 10.7 Å². The number of aromatic amines is 2. The maximum Gasteiger partial charge on any atom is 0.248 e. The molecule has 0 unspecified atom stereocenters. The lowest BCUT2D eigenvalue weighted by atomic mass is 9.98. The van der Waals surface area contributed by atoms with Crippen LogP contribution in [0.5, 0.6) is 0 Å². The van der Waals surface area contributed by atoms with Crippen molar-refractivity contribution in [2.45, 2.75) is 12.8 Å². The number of aryl methyl sites for hydroxylation is 1. The number of halogens is 1. The molecule has 0 aliphatic rings. The van der Waals surface area contributed by atoms with Crippen molar-refractivity contribution in [1.29, 1.82) is 0 Å². The van der Waals surface area contributed by atoms with Crippen LogP contribution < -0.4 is 11.3 Å². The fraction of sp³-hybridized carbons (Fsp3) is 0.176. The van der Waals surface area contributed by atoms with Crippen LogP contribution in [0.2, 0.25) is 0 Å². The molecule has 0 saturated heterocycles. The monoisotopic (exact) mass is 312 g/mol. The highest BCUT2D eigenvalue weighted by molar-refractivity contribution is 5.82. The van der Waals surface area contributed by atoms with Gasteiger partial charge in [0, 0.05) is 29.1 Å². The number of H-pyrrole nitrogens is 2. The van der Waals surface area contributed by atoms with Crippen LogP contribution in [0.1, 0.15) is 12.1 Å². The van der Waals surface area contributed by atoms with E-state index >= 15 is 0 Å². The molecule has 2 heterocycles. The summed E-state index contributed by atoms with van der Waals surface area (Å²) in [6, 6.07) is 9.50. The topological polar surface area (TPSA) is 87.6 Å². The lowest BCUT2D eigenvalue weighted by Crippen LogP contribution is -2.04. The second-order valence-corrected chi connectivity index (χ2v) is 5.27. The van der Waals surface area contributed by atoms with Crippen LogP contribution in [-0.4, -0.2) is 21.7 Å². The van der Waals surface area contributed by atoms with Crippen LogP contribution in [0.3, 0.4) is 0 Å². The van der Waals surface area contributed by atoms with Crippen molar-refractivity contribution in [1.82, 2.24) is 15.2 Å². The van der Waals surface area contributed by atoms with Crippen molar-refractivity contribution in [3.63, 3.8) is 0 Å². The molecule has 0 fully saturated rings. The normalized spacial score (nSPS) is 10.9. The fourth-order valence-electron chi connectivity index (χ4n) is 2.57. The molecule has 3 rings (SSSR count). The first-order valence-electron chi connectivity index (χ1n) is 7.41. The standard InChI is InChI=1S/C17H17FN4O/c18-13-5-3-11(4-6-13)17-16(12-7-9-20-15(23)10-12)14(21-22-17)2-1-8-19/h3-7,9-10H,1-2,8,19H2,(H,20,23)(H,21,22). The second-order valence-electron chi connectivity index (χ2n) is 5.27. The molecule has 2 aromatic heterocycles. The Balaban J connectivity index is 2.14. The number of pyridine rings is 1. The molecule has 0 aliphatic heterocycles. The molecule has 0 radical (unpaired) electrons. The minimum atomic E-state index is -0.301. The molecule has 0 amide bonds. The molecule has 3 aromatic rings. The number of benzene rings is 1. The number of hydrogen-bond donors (Lipinski definition) is 3. The van der Waals surface area contributed by atoms with E-state index < -0.39 is 0 Å². The Morgan fingerprint density at radius 2 is 1.91 bits per heavy atom. The highest BCUT2D eigenvalue weighted by Gasteiger charge is 2.16. The minimum absolute atomic E-state index is 0.182. The summed E-state index contributed by atoms with van der Waals surface area (Å²) in [6.07, 6.45) is 3.14. The van der Waals surface area contributed by atoms with E-state index in [1.54, 1.807) is 18.3 Å². The molecule has 6 heteroatoms. The summed E-state index contributed by atoms with van der Waals surface area (Å²) in [5, 5.41) is 7.40. The van der Waals surface area contributed by atoms with Gasteiger partial charge in [-0.15, -0.1) is 0 Å². The zero-order valence-electron chi connectivity index (χ0n) is 12.5. The van der Waals surface area contributed by atoms with Crippen LogP contribution in [-0.2, 0) is 6.42 Å². The van der Waals surface area contributed by atoms with E-state index in [1.165, 1.54) is 18.2 Å². The van der Waals surface area contributed by atoms with Gasteiger partial charge in [0.25, 0.3) is 0 Å². The van der Waals surface area contributed by atoms with Gasteiger partial charge in [0.05, 0.1) is 0 Å². The van der Waals surface area contributed by atoms with E-state index in [1.807, 2.05) is 6.07 Å². The first-order valence-corrected chi connectivity index (χ1v) is 7.41. The smallest absolute Gasteiger partial charge is 0.248 e. The van der Waals surface area contributed by atoms with Gasteiger partial charge in [-0.25, -0.2) is 4.39 Å². The summed E-state index contributed by atoms with van der Waals surface area (Å²) in [5.74, 6) is -0.301. The van der Waals surface area contributed by atoms with E-state index in [2.05, 4.69) is 15.2 Å². The molecule has 4 N–H and O–H groups in total. The van der Waals surface area contributed by atoms with Gasteiger partial charge in [0.1, 0.15) is 11.5 Å². The Kier molecular flexibility index (Phi) is 4.34. The van der Waals surface area contributed by atoms with Gasteiger partial charge in [-0.1, -0.05) is 0 Å². The van der Waals surface area contributed by atoms with Gasteiger partial charge in [0.2, 0.25) is 5.56 Å². The van der Waals surface area contributed by atoms with Gasteiger partial charge in [0.15, 0.2) is 0 Å². The molecule has 0 atom stereocenters. The first-order chi connectivity index (χ1) is 11.2. The Morgan fingerprint density at radius 1 is 1.13 bits per heavy atom. The number of rotatable bonds is 5. The lowest BCUT2D eigenvalue weighted by molar-refractivity contribution is 0.628. The first kappa shape index (κ1) is 15.2. The molecule has 118 valence electrons. The Hall–Kier alpha value is -2.73. The van der Waals surface area contributed by atoms with E-state index in [9.17, 15) is 9.18 Å². The molecular weight excluding hydrogens is 295 g/mol. The SMILES string of the molecule is NCCCc1[nH]nc(-c2ccc(F)cc2)c1-c1cc[nH]c(=O)c1. The quantitative estimate of drug-likeness (QED) is 0.676. The number of nitrogens with zero attached hydrogens (tertiary/aromatic N) is 1. The molecule has 0 bridgehead atoms. The van der Waals surface area contributed by atoms with Crippen LogP contribution >= 0.6 is 0 Å². The van der Waals surface area contributed by atoms with Crippen molar-refractivity contribution in [2.75, 3.05) is 6.54 Å². The summed E-state index contributed by atoms with van der Waals surface area (Å²) < 4.78 is 13.2. The van der Waals surface area contributed by atoms with Gasteiger partial charge in [-0.2, -0.15) is 5.10 Å². The van der Waals surface area contributed by atoms with E-state index in [0.717, 1.165) is 35.2 Å². The van der Waals surface area contributed by atoms with Crippen LogP contribution in [0.15, 0.2) is 47.4 Å². The van der Waals surface area contributed by atoms with Crippen molar-refractivity contribution in [2.24, 2.45) is 5.73 Å². The maximum absolute atomic E-state index is 13.2. The molecule has 23 heavy (non-hydrogen) atoms. The highest BCUT2D eigenvalue weighted by atomic mass is 19.1. The zero-order chi connectivity index (χ0) is 16.2. The van der Waals surface area contributed by atoms with Gasteiger partial charge in [-0.3, -0.25) is 9.89 Å². The van der Waals surface area contributed by atoms with Crippen molar-refractivity contribution in [3.05, 3.63) is 64.5 Å². The van der Waals surface area contributed by atoms with Crippen molar-refractivity contribution in [3.8, 4) is 22.4 Å². The zero-order valence-corrected chi connectivity index (χ0v) is 12.5. The van der Waals surface area contributed by atoms with Gasteiger partial charge in [-0.05, 0) is 55.3 Å². The second kappa shape index (κ2) is 6.58. The molecule has 0 saturated carbocycles. The number of nitrogens with two attached hydrogens (primary N) is 1. The van der Waals surface area contributed by atoms with Crippen molar-refractivity contribution >= 4 is 0 Å². The Labute approximate surface area is 132 Å². The maximum atomic E-state index is 13.2.